The number of aliphatic hydroxyl groups is 1. The maximum Gasteiger partial charge on any atom is 0.119 e. The molecular formula is C13H13ClO2. The van der Waals surface area contributed by atoms with E-state index in [9.17, 15) is 5.11 Å². The summed E-state index contributed by atoms with van der Waals surface area (Å²) in [7, 11) is 1.65. The van der Waals surface area contributed by atoms with Gasteiger partial charge in [0.25, 0.3) is 0 Å². The molecule has 2 aromatic carbocycles. The number of methoxy groups -OCH3 is 1. The highest BCUT2D eigenvalue weighted by molar-refractivity contribution is 6.18. The maximum absolute atomic E-state index is 9.63. The molecule has 1 unspecified atom stereocenters. The van der Waals surface area contributed by atoms with E-state index in [1.165, 1.54) is 0 Å². The van der Waals surface area contributed by atoms with E-state index >= 15 is 0 Å². The molecule has 0 spiro atoms. The lowest BCUT2D eigenvalue weighted by Gasteiger charge is -2.09. The van der Waals surface area contributed by atoms with Crippen molar-refractivity contribution in [2.24, 2.45) is 0 Å². The molecule has 2 nitrogen and oxygen atoms in total. The van der Waals surface area contributed by atoms with Gasteiger partial charge in [-0.25, -0.2) is 0 Å². The Balaban J connectivity index is 2.47. The average molecular weight is 237 g/mol. The van der Waals surface area contributed by atoms with E-state index in [2.05, 4.69) is 0 Å². The molecule has 0 amide bonds. The number of ether oxygens (including phenoxy) is 1. The zero-order valence-electron chi connectivity index (χ0n) is 8.98. The van der Waals surface area contributed by atoms with Crippen molar-refractivity contribution in [3.63, 3.8) is 0 Å². The molecule has 16 heavy (non-hydrogen) atoms. The first-order chi connectivity index (χ1) is 7.74. The van der Waals surface area contributed by atoms with Crippen LogP contribution in [0.3, 0.4) is 0 Å². The van der Waals surface area contributed by atoms with Crippen LogP contribution < -0.4 is 4.74 Å². The van der Waals surface area contributed by atoms with Gasteiger partial charge in [-0.1, -0.05) is 18.2 Å². The smallest absolute Gasteiger partial charge is 0.119 e. The fourth-order valence-corrected chi connectivity index (χ4v) is 1.84. The van der Waals surface area contributed by atoms with Gasteiger partial charge in [0.1, 0.15) is 5.75 Å². The predicted molar refractivity (Wildman–Crippen MR) is 66.2 cm³/mol. The van der Waals surface area contributed by atoms with Crippen molar-refractivity contribution in [3.05, 3.63) is 42.0 Å². The molecule has 1 atom stereocenters. The number of alkyl halides is 1. The van der Waals surface area contributed by atoms with Crippen molar-refractivity contribution < 1.29 is 9.84 Å². The Kier molecular flexibility index (Phi) is 3.32. The van der Waals surface area contributed by atoms with Crippen molar-refractivity contribution in [3.8, 4) is 5.75 Å². The molecule has 2 aromatic rings. The molecule has 84 valence electrons. The molecule has 3 heteroatoms. The van der Waals surface area contributed by atoms with Crippen LogP contribution in [0.2, 0.25) is 0 Å². The summed E-state index contributed by atoms with van der Waals surface area (Å²) in [5.74, 6) is 1.04. The Morgan fingerprint density at radius 3 is 2.56 bits per heavy atom. The van der Waals surface area contributed by atoms with Gasteiger partial charge in [0.2, 0.25) is 0 Å². The molecule has 0 saturated heterocycles. The van der Waals surface area contributed by atoms with E-state index < -0.39 is 6.10 Å². The highest BCUT2D eigenvalue weighted by atomic mass is 35.5. The van der Waals surface area contributed by atoms with Gasteiger partial charge in [0.05, 0.1) is 19.1 Å². The second-order valence-electron chi connectivity index (χ2n) is 3.64. The van der Waals surface area contributed by atoms with Gasteiger partial charge >= 0.3 is 0 Å². The van der Waals surface area contributed by atoms with Crippen LogP contribution in [0.15, 0.2) is 36.4 Å². The predicted octanol–water partition coefficient (Wildman–Crippen LogP) is 3.12. The first-order valence-corrected chi connectivity index (χ1v) is 5.60. The monoisotopic (exact) mass is 236 g/mol. The van der Waals surface area contributed by atoms with Gasteiger partial charge in [-0.05, 0) is 34.5 Å². The minimum absolute atomic E-state index is 0.210. The zero-order valence-corrected chi connectivity index (χ0v) is 9.74. The number of hydrogen-bond acceptors (Lipinski definition) is 2. The Labute approximate surface area is 99.4 Å². The molecule has 0 aliphatic carbocycles. The van der Waals surface area contributed by atoms with Crippen molar-refractivity contribution in [2.75, 3.05) is 13.0 Å². The Hall–Kier alpha value is -1.25. The van der Waals surface area contributed by atoms with Crippen LogP contribution in [0, 0.1) is 0 Å². The molecule has 1 N–H and O–H groups in total. The van der Waals surface area contributed by atoms with E-state index in [4.69, 9.17) is 16.3 Å². The van der Waals surface area contributed by atoms with Crippen LogP contribution in [0.1, 0.15) is 11.7 Å². The standard InChI is InChI=1S/C13H13ClO2/c1-16-12-5-4-9-6-11(13(15)8-14)3-2-10(9)7-12/h2-7,13,15H,8H2,1H3. The first kappa shape index (κ1) is 11.2. The molecule has 0 fully saturated rings. The average Bonchev–Trinajstić information content (AvgIpc) is 2.36. The van der Waals surface area contributed by atoms with E-state index in [-0.39, 0.29) is 5.88 Å². The van der Waals surface area contributed by atoms with Crippen molar-refractivity contribution >= 4 is 22.4 Å². The Morgan fingerprint density at radius 2 is 1.88 bits per heavy atom. The van der Waals surface area contributed by atoms with Crippen LogP contribution >= 0.6 is 11.6 Å². The molecule has 0 aromatic heterocycles. The Bertz CT molecular complexity index is 496. The van der Waals surface area contributed by atoms with Gasteiger partial charge in [0.15, 0.2) is 0 Å². The van der Waals surface area contributed by atoms with E-state index in [0.717, 1.165) is 22.1 Å². The number of fused-ring (bicyclic) bond motifs is 1. The first-order valence-electron chi connectivity index (χ1n) is 5.06. The molecule has 0 aliphatic rings. The minimum Gasteiger partial charge on any atom is -0.497 e. The van der Waals surface area contributed by atoms with Crippen molar-refractivity contribution in [1.29, 1.82) is 0 Å². The SMILES string of the molecule is COc1ccc2cc(C(O)CCl)ccc2c1. The minimum atomic E-state index is -0.604. The highest BCUT2D eigenvalue weighted by Gasteiger charge is 2.06. The van der Waals surface area contributed by atoms with Crippen LogP contribution in [-0.4, -0.2) is 18.1 Å². The fraction of sp³-hybridized carbons (Fsp3) is 0.231. The largest absolute Gasteiger partial charge is 0.497 e. The van der Waals surface area contributed by atoms with E-state index in [1.54, 1.807) is 7.11 Å². The summed E-state index contributed by atoms with van der Waals surface area (Å²) >= 11 is 5.62. The van der Waals surface area contributed by atoms with Gasteiger partial charge in [-0.3, -0.25) is 0 Å². The van der Waals surface area contributed by atoms with E-state index in [1.807, 2.05) is 36.4 Å². The van der Waals surface area contributed by atoms with Gasteiger partial charge < -0.3 is 9.84 Å². The lowest BCUT2D eigenvalue weighted by Crippen LogP contribution is -1.97. The number of halogens is 1. The summed E-state index contributed by atoms with van der Waals surface area (Å²) in [5.41, 5.74) is 0.840. The lowest BCUT2D eigenvalue weighted by atomic mass is 10.0. The van der Waals surface area contributed by atoms with Crippen LogP contribution in [0.4, 0.5) is 0 Å². The summed E-state index contributed by atoms with van der Waals surface area (Å²) in [6, 6.07) is 11.6. The number of benzene rings is 2. The van der Waals surface area contributed by atoms with Crippen LogP contribution in [-0.2, 0) is 0 Å². The summed E-state index contributed by atoms with van der Waals surface area (Å²) < 4.78 is 5.15. The summed E-state index contributed by atoms with van der Waals surface area (Å²) in [4.78, 5) is 0. The van der Waals surface area contributed by atoms with E-state index in [0.29, 0.717) is 0 Å². The molecule has 0 bridgehead atoms. The van der Waals surface area contributed by atoms with Gasteiger partial charge in [-0.2, -0.15) is 0 Å². The number of hydrogen-bond donors (Lipinski definition) is 1. The molecule has 0 saturated carbocycles. The van der Waals surface area contributed by atoms with Crippen LogP contribution in [0.5, 0.6) is 5.75 Å². The second kappa shape index (κ2) is 4.73. The Morgan fingerprint density at radius 1 is 1.19 bits per heavy atom. The third kappa shape index (κ3) is 2.13. The topological polar surface area (TPSA) is 29.5 Å². The summed E-state index contributed by atoms with van der Waals surface area (Å²) in [5, 5.41) is 11.8. The fourth-order valence-electron chi connectivity index (χ4n) is 1.67. The van der Waals surface area contributed by atoms with Crippen molar-refractivity contribution in [1.82, 2.24) is 0 Å². The molecule has 0 radical (unpaired) electrons. The van der Waals surface area contributed by atoms with Crippen LogP contribution in [0.25, 0.3) is 10.8 Å². The van der Waals surface area contributed by atoms with Gasteiger partial charge in [-0.15, -0.1) is 11.6 Å². The number of aliphatic hydroxyl groups excluding tert-OH is 1. The summed E-state index contributed by atoms with van der Waals surface area (Å²) in [6.45, 7) is 0. The molecule has 2 rings (SSSR count). The normalized spacial score (nSPS) is 12.7. The molecule has 0 heterocycles. The third-order valence-electron chi connectivity index (χ3n) is 2.60. The summed E-state index contributed by atoms with van der Waals surface area (Å²) in [6.07, 6.45) is -0.604. The van der Waals surface area contributed by atoms with Gasteiger partial charge in [0, 0.05) is 0 Å². The zero-order chi connectivity index (χ0) is 11.5. The maximum atomic E-state index is 9.63. The number of rotatable bonds is 3. The quantitative estimate of drug-likeness (QED) is 0.830. The highest BCUT2D eigenvalue weighted by Crippen LogP contribution is 2.24. The lowest BCUT2D eigenvalue weighted by molar-refractivity contribution is 0.203. The van der Waals surface area contributed by atoms with Crippen molar-refractivity contribution in [2.45, 2.75) is 6.10 Å². The second-order valence-corrected chi connectivity index (χ2v) is 3.95. The molecular weight excluding hydrogens is 224 g/mol. The third-order valence-corrected chi connectivity index (χ3v) is 2.89. The molecule has 0 aliphatic heterocycles.